The molecule has 0 radical (unpaired) electrons. The third-order valence-corrected chi connectivity index (χ3v) is 10.3. The highest BCUT2D eigenvalue weighted by Gasteiger charge is 2.32. The molecule has 7 rings (SSSR count). The van der Waals surface area contributed by atoms with Crippen LogP contribution in [0.4, 0.5) is 0 Å². The second kappa shape index (κ2) is 10.9. The molecule has 1 nitrogen and oxygen atoms in total. The van der Waals surface area contributed by atoms with Crippen molar-refractivity contribution in [1.29, 1.82) is 0 Å². The number of nitrogens with zero attached hydrogens (tertiary/aromatic N) is 1. The number of hydrogen-bond donors (Lipinski definition) is 0. The van der Waals surface area contributed by atoms with Crippen LogP contribution in [0.25, 0.3) is 27.2 Å². The predicted octanol–water partition coefficient (Wildman–Crippen LogP) is 10.2. The average molecular weight is 553 g/mol. The summed E-state index contributed by atoms with van der Waals surface area (Å²) in [4.78, 5) is 1.58. The molecule has 0 fully saturated rings. The molecular weight excluding hydrogens is 515 g/mol. The highest BCUT2D eigenvalue weighted by molar-refractivity contribution is 7.09. The molecule has 5 aromatic carbocycles. The van der Waals surface area contributed by atoms with Gasteiger partial charge >= 0.3 is 0 Å². The maximum absolute atomic E-state index is 2.60. The van der Waals surface area contributed by atoms with Gasteiger partial charge in [-0.1, -0.05) is 122 Å². The molecule has 0 spiro atoms. The Morgan fingerprint density at radius 1 is 0.610 bits per heavy atom. The molecule has 0 unspecified atom stereocenters. The number of hydrogen-bond acceptors (Lipinski definition) is 1. The van der Waals surface area contributed by atoms with Gasteiger partial charge in [0.2, 0.25) is 16.9 Å². The quantitative estimate of drug-likeness (QED) is 0.148. The lowest BCUT2D eigenvalue weighted by Crippen LogP contribution is -2.36. The van der Waals surface area contributed by atoms with Gasteiger partial charge in [-0.3, -0.25) is 0 Å². The van der Waals surface area contributed by atoms with Crippen molar-refractivity contribution in [2.45, 2.75) is 64.7 Å². The number of aromatic nitrogens is 1. The minimum atomic E-state index is 0.269. The summed E-state index contributed by atoms with van der Waals surface area (Å²) >= 11 is 1.96. The van der Waals surface area contributed by atoms with Crippen molar-refractivity contribution < 1.29 is 4.57 Å². The number of fused-ring (bicyclic) bond motifs is 3. The monoisotopic (exact) mass is 552 g/mol. The first-order valence-corrected chi connectivity index (χ1v) is 16.1. The summed E-state index contributed by atoms with van der Waals surface area (Å²) in [7, 11) is 0. The second-order valence-electron chi connectivity index (χ2n) is 12.0. The zero-order chi connectivity index (χ0) is 27.9. The van der Waals surface area contributed by atoms with E-state index >= 15 is 0 Å². The van der Waals surface area contributed by atoms with E-state index in [1.165, 1.54) is 92.8 Å². The van der Waals surface area contributed by atoms with Crippen molar-refractivity contribution in [3.63, 3.8) is 0 Å². The molecule has 6 aromatic rings. The van der Waals surface area contributed by atoms with Crippen LogP contribution in [0, 0.1) is 6.92 Å². The van der Waals surface area contributed by atoms with Crippen molar-refractivity contribution in [1.82, 2.24) is 0 Å². The first-order valence-electron chi connectivity index (χ1n) is 15.2. The number of thiazole rings is 1. The van der Waals surface area contributed by atoms with E-state index < -0.39 is 0 Å². The van der Waals surface area contributed by atoms with Crippen LogP contribution in [0.2, 0.25) is 0 Å². The molecular formula is C39H38NS+. The summed E-state index contributed by atoms with van der Waals surface area (Å²) in [5, 5.41) is 5.23. The van der Waals surface area contributed by atoms with Crippen molar-refractivity contribution in [2.24, 2.45) is 0 Å². The first-order chi connectivity index (χ1) is 20.1. The summed E-state index contributed by atoms with van der Waals surface area (Å²) < 4.78 is 2.60. The van der Waals surface area contributed by atoms with E-state index in [9.17, 15) is 0 Å². The van der Waals surface area contributed by atoms with Crippen LogP contribution >= 0.6 is 11.3 Å². The molecule has 2 heteroatoms. The van der Waals surface area contributed by atoms with Gasteiger partial charge in [-0.2, -0.15) is 4.57 Å². The molecule has 1 heterocycles. The lowest BCUT2D eigenvalue weighted by molar-refractivity contribution is -0.600. The molecule has 1 aliphatic carbocycles. The largest absolute Gasteiger partial charge is 0.231 e. The minimum Gasteiger partial charge on any atom is -0.153 e. The van der Waals surface area contributed by atoms with Crippen molar-refractivity contribution in [2.75, 3.05) is 0 Å². The normalized spacial score (nSPS) is 15.0. The highest BCUT2D eigenvalue weighted by atomic mass is 32.1. The summed E-state index contributed by atoms with van der Waals surface area (Å²) in [5.41, 5.74) is 12.3. The second-order valence-corrected chi connectivity index (χ2v) is 12.9. The zero-order valence-electron chi connectivity index (χ0n) is 24.4. The smallest absolute Gasteiger partial charge is 0.153 e. The topological polar surface area (TPSA) is 3.88 Å². The fraction of sp³-hybridized carbons (Fsp3) is 0.256. The summed E-state index contributed by atoms with van der Waals surface area (Å²) in [5.74, 6) is 0.539. The Kier molecular flexibility index (Phi) is 6.96. The molecule has 41 heavy (non-hydrogen) atoms. The van der Waals surface area contributed by atoms with Gasteiger partial charge in [0.05, 0.1) is 4.88 Å². The summed E-state index contributed by atoms with van der Waals surface area (Å²) in [6.07, 6.45) is 6.29. The average Bonchev–Trinajstić information content (AvgIpc) is 3.25. The van der Waals surface area contributed by atoms with E-state index in [0.29, 0.717) is 0 Å². The van der Waals surface area contributed by atoms with Crippen LogP contribution in [-0.4, -0.2) is 0 Å². The molecule has 0 N–H and O–H groups in total. The Balaban J connectivity index is 1.44. The van der Waals surface area contributed by atoms with E-state index in [-0.39, 0.29) is 11.8 Å². The van der Waals surface area contributed by atoms with Gasteiger partial charge in [-0.05, 0) is 71.0 Å². The van der Waals surface area contributed by atoms with E-state index in [1.54, 1.807) is 4.88 Å². The van der Waals surface area contributed by atoms with Crippen molar-refractivity contribution >= 4 is 32.9 Å². The molecule has 0 saturated carbocycles. The Labute approximate surface area is 248 Å². The standard InChI is InChI=1S/C39H38NS/c1-26-21-35(27(2)31-19-17-29-11-7-9-13-33(29)23-31)39(40-25-41-38-16-6-4-5-15-37(38)40)36(22-26)28(3)32-20-18-30-12-8-10-14-34(30)24-32/h7-14,17-25,27-28H,4-6,15-16H2,1-3H3/q+1/t27-,28-/m1/s1. The fourth-order valence-electron chi connectivity index (χ4n) is 6.88. The van der Waals surface area contributed by atoms with E-state index in [1.807, 2.05) is 11.3 Å². The molecule has 0 amide bonds. The maximum atomic E-state index is 2.60. The fourth-order valence-corrected chi connectivity index (χ4v) is 7.94. The maximum Gasteiger partial charge on any atom is 0.231 e. The van der Waals surface area contributed by atoms with Gasteiger partial charge in [-0.15, -0.1) is 0 Å². The van der Waals surface area contributed by atoms with Crippen LogP contribution in [0.5, 0.6) is 0 Å². The van der Waals surface area contributed by atoms with Crippen LogP contribution in [0.15, 0.2) is 103 Å². The van der Waals surface area contributed by atoms with E-state index in [0.717, 1.165) is 0 Å². The van der Waals surface area contributed by atoms with Crippen molar-refractivity contribution in [3.8, 4) is 5.69 Å². The number of aryl methyl sites for hydroxylation is 2. The molecule has 2 atom stereocenters. The number of benzene rings is 5. The lowest BCUT2D eigenvalue weighted by atomic mass is 9.83. The lowest BCUT2D eigenvalue weighted by Gasteiger charge is -2.21. The Bertz CT molecular complexity index is 1770. The minimum absolute atomic E-state index is 0.269. The van der Waals surface area contributed by atoms with Crippen LogP contribution in [0.1, 0.15) is 83.3 Å². The van der Waals surface area contributed by atoms with Crippen molar-refractivity contribution in [3.05, 3.63) is 141 Å². The molecule has 0 aliphatic heterocycles. The SMILES string of the molecule is Cc1cc([C@H](C)c2ccc3ccccc3c2)c(-[n+]2csc3c2CCCCC3)c([C@H](C)c2ccc3ccccc3c2)c1. The predicted molar refractivity (Wildman–Crippen MR) is 175 cm³/mol. The molecule has 204 valence electrons. The summed E-state index contributed by atoms with van der Waals surface area (Å²) in [6, 6.07) is 36.4. The van der Waals surface area contributed by atoms with Gasteiger partial charge in [0.25, 0.3) is 0 Å². The van der Waals surface area contributed by atoms with Gasteiger partial charge < -0.3 is 0 Å². The van der Waals surface area contributed by atoms with Crippen LogP contribution in [-0.2, 0) is 12.8 Å². The third kappa shape index (κ3) is 4.89. The van der Waals surface area contributed by atoms with Gasteiger partial charge in [0.1, 0.15) is 0 Å². The number of rotatable bonds is 5. The Morgan fingerprint density at radius 3 is 1.73 bits per heavy atom. The van der Waals surface area contributed by atoms with Crippen LogP contribution < -0.4 is 4.57 Å². The molecule has 0 bridgehead atoms. The zero-order valence-corrected chi connectivity index (χ0v) is 25.2. The third-order valence-electron chi connectivity index (χ3n) is 9.26. The van der Waals surface area contributed by atoms with E-state index in [2.05, 4.69) is 128 Å². The van der Waals surface area contributed by atoms with Gasteiger partial charge in [-0.25, -0.2) is 0 Å². The van der Waals surface area contributed by atoms with Gasteiger partial charge in [0, 0.05) is 29.4 Å². The molecule has 1 aromatic heterocycles. The van der Waals surface area contributed by atoms with E-state index in [4.69, 9.17) is 0 Å². The van der Waals surface area contributed by atoms with Crippen LogP contribution in [0.3, 0.4) is 0 Å². The summed E-state index contributed by atoms with van der Waals surface area (Å²) in [6.45, 7) is 7.08. The van der Waals surface area contributed by atoms with Gasteiger partial charge in [0.15, 0.2) is 0 Å². The Hall–Kier alpha value is -3.75. The molecule has 1 aliphatic rings. The Morgan fingerprint density at radius 2 is 1.15 bits per heavy atom. The first kappa shape index (κ1) is 26.2. The highest BCUT2D eigenvalue weighted by Crippen LogP contribution is 2.38. The molecule has 0 saturated heterocycles.